The minimum absolute atomic E-state index is 0.280. The lowest BCUT2D eigenvalue weighted by Crippen LogP contribution is -2.29. The second-order valence-electron chi connectivity index (χ2n) is 11.0. The quantitative estimate of drug-likeness (QED) is 0.156. The first-order valence-corrected chi connectivity index (χ1v) is 15.0. The number of fused-ring (bicyclic) bond motifs is 4. The SMILES string of the molecule is Cc1ccc2c(c1)[C@@H]1C=CC[C@H]1[C@H](c1ccc(N=Cc3cc(Br)ccc3OCc3cccc4ccccc34)cc1)N2. The Kier molecular flexibility index (Phi) is 6.93. The number of aryl methyl sites for hydroxylation is 1. The van der Waals surface area contributed by atoms with Crippen molar-refractivity contribution in [3.63, 3.8) is 0 Å². The van der Waals surface area contributed by atoms with Crippen LogP contribution in [0, 0.1) is 12.8 Å². The number of hydrogen-bond acceptors (Lipinski definition) is 3. The van der Waals surface area contributed by atoms with Crippen LogP contribution in [0.3, 0.4) is 0 Å². The molecule has 3 atom stereocenters. The molecule has 3 nitrogen and oxygen atoms in total. The molecule has 1 N–H and O–H groups in total. The number of allylic oxidation sites excluding steroid dienone is 2. The van der Waals surface area contributed by atoms with Gasteiger partial charge in [-0.3, -0.25) is 4.99 Å². The van der Waals surface area contributed by atoms with Crippen molar-refractivity contribution in [2.45, 2.75) is 31.9 Å². The third-order valence-corrected chi connectivity index (χ3v) is 8.85. The third kappa shape index (κ3) is 5.20. The van der Waals surface area contributed by atoms with Gasteiger partial charge in [0.15, 0.2) is 0 Å². The van der Waals surface area contributed by atoms with Gasteiger partial charge in [0.2, 0.25) is 0 Å². The predicted molar refractivity (Wildman–Crippen MR) is 174 cm³/mol. The van der Waals surface area contributed by atoms with E-state index in [1.165, 1.54) is 38.7 Å². The molecule has 0 spiro atoms. The highest BCUT2D eigenvalue weighted by Crippen LogP contribution is 2.50. The number of nitrogens with zero attached hydrogens (tertiary/aromatic N) is 1. The molecule has 1 aliphatic carbocycles. The Labute approximate surface area is 249 Å². The summed E-state index contributed by atoms with van der Waals surface area (Å²) in [7, 11) is 0. The molecule has 1 heterocycles. The Hall–Kier alpha value is -4.15. The molecular formula is C37H31BrN2O. The van der Waals surface area contributed by atoms with E-state index in [1.807, 2.05) is 18.3 Å². The molecule has 0 unspecified atom stereocenters. The van der Waals surface area contributed by atoms with E-state index in [-0.39, 0.29) is 6.04 Å². The first-order chi connectivity index (χ1) is 20.1. The summed E-state index contributed by atoms with van der Waals surface area (Å²) in [6.07, 6.45) is 7.73. The molecule has 0 saturated heterocycles. The molecule has 1 aliphatic heterocycles. The Morgan fingerprint density at radius 2 is 1.78 bits per heavy atom. The summed E-state index contributed by atoms with van der Waals surface area (Å²) in [5, 5.41) is 6.28. The average molecular weight is 600 g/mol. The van der Waals surface area contributed by atoms with Crippen molar-refractivity contribution in [1.82, 2.24) is 0 Å². The average Bonchev–Trinajstić information content (AvgIpc) is 3.50. The zero-order valence-corrected chi connectivity index (χ0v) is 24.5. The molecule has 5 aromatic rings. The number of nitrogens with one attached hydrogen (secondary N) is 1. The van der Waals surface area contributed by atoms with Crippen molar-refractivity contribution >= 4 is 44.3 Å². The maximum atomic E-state index is 6.32. The zero-order valence-electron chi connectivity index (χ0n) is 22.9. The number of ether oxygens (including phenoxy) is 1. The van der Waals surface area contributed by atoms with Crippen LogP contribution in [0.25, 0.3) is 10.8 Å². The van der Waals surface area contributed by atoms with Gasteiger partial charge in [0.25, 0.3) is 0 Å². The first kappa shape index (κ1) is 25.8. The van der Waals surface area contributed by atoms with Crippen LogP contribution in [0.2, 0.25) is 0 Å². The van der Waals surface area contributed by atoms with Crippen LogP contribution in [0.1, 0.15) is 46.2 Å². The number of anilines is 1. The van der Waals surface area contributed by atoms with Gasteiger partial charge in [0.1, 0.15) is 12.4 Å². The molecule has 41 heavy (non-hydrogen) atoms. The lowest BCUT2D eigenvalue weighted by Gasteiger charge is -2.37. The van der Waals surface area contributed by atoms with Gasteiger partial charge in [-0.1, -0.05) is 100 Å². The maximum Gasteiger partial charge on any atom is 0.128 e. The van der Waals surface area contributed by atoms with Crippen LogP contribution in [-0.4, -0.2) is 6.21 Å². The number of hydrogen-bond donors (Lipinski definition) is 1. The van der Waals surface area contributed by atoms with Crippen LogP contribution in [0.4, 0.5) is 11.4 Å². The highest BCUT2D eigenvalue weighted by atomic mass is 79.9. The van der Waals surface area contributed by atoms with Crippen LogP contribution < -0.4 is 10.1 Å². The molecule has 0 aromatic heterocycles. The number of benzene rings is 5. The van der Waals surface area contributed by atoms with Gasteiger partial charge >= 0.3 is 0 Å². The number of rotatable bonds is 6. The Bertz CT molecular complexity index is 1780. The van der Waals surface area contributed by atoms with E-state index >= 15 is 0 Å². The summed E-state index contributed by atoms with van der Waals surface area (Å²) < 4.78 is 7.31. The van der Waals surface area contributed by atoms with E-state index in [9.17, 15) is 0 Å². The summed E-state index contributed by atoms with van der Waals surface area (Å²) in [6.45, 7) is 2.67. The molecular weight excluding hydrogens is 568 g/mol. The van der Waals surface area contributed by atoms with Gasteiger partial charge in [-0.2, -0.15) is 0 Å². The van der Waals surface area contributed by atoms with Gasteiger partial charge in [0.05, 0.1) is 11.7 Å². The van der Waals surface area contributed by atoms with Crippen LogP contribution in [0.5, 0.6) is 5.75 Å². The zero-order chi connectivity index (χ0) is 27.8. The summed E-state index contributed by atoms with van der Waals surface area (Å²) in [5.74, 6) is 1.81. The monoisotopic (exact) mass is 598 g/mol. The second-order valence-corrected chi connectivity index (χ2v) is 11.9. The van der Waals surface area contributed by atoms with Gasteiger partial charge in [-0.15, -0.1) is 0 Å². The fourth-order valence-corrected chi connectivity index (χ4v) is 6.66. The van der Waals surface area contributed by atoms with E-state index < -0.39 is 0 Å². The molecule has 0 saturated carbocycles. The van der Waals surface area contributed by atoms with Crippen LogP contribution in [0.15, 0.2) is 125 Å². The fourth-order valence-electron chi connectivity index (χ4n) is 6.28. The van der Waals surface area contributed by atoms with Crippen molar-refractivity contribution in [3.8, 4) is 5.75 Å². The smallest absolute Gasteiger partial charge is 0.128 e. The Morgan fingerprint density at radius 1 is 0.927 bits per heavy atom. The number of halogens is 1. The largest absolute Gasteiger partial charge is 0.488 e. The highest BCUT2D eigenvalue weighted by molar-refractivity contribution is 9.10. The first-order valence-electron chi connectivity index (χ1n) is 14.2. The third-order valence-electron chi connectivity index (χ3n) is 8.36. The fraction of sp³-hybridized carbons (Fsp3) is 0.162. The normalized spacial score (nSPS) is 19.2. The van der Waals surface area contributed by atoms with E-state index in [1.54, 1.807) is 0 Å². The highest BCUT2D eigenvalue weighted by Gasteiger charge is 2.37. The Morgan fingerprint density at radius 3 is 2.68 bits per heavy atom. The minimum Gasteiger partial charge on any atom is -0.488 e. The van der Waals surface area contributed by atoms with Crippen molar-refractivity contribution in [2.75, 3.05) is 5.32 Å². The Balaban J connectivity index is 1.09. The van der Waals surface area contributed by atoms with Crippen molar-refractivity contribution in [2.24, 2.45) is 10.9 Å². The molecule has 0 amide bonds. The van der Waals surface area contributed by atoms with Gasteiger partial charge in [-0.25, -0.2) is 0 Å². The van der Waals surface area contributed by atoms with Crippen molar-refractivity contribution in [1.29, 1.82) is 0 Å². The predicted octanol–water partition coefficient (Wildman–Crippen LogP) is 10.1. The van der Waals surface area contributed by atoms with Crippen LogP contribution in [-0.2, 0) is 6.61 Å². The van der Waals surface area contributed by atoms with Gasteiger partial charge < -0.3 is 10.1 Å². The molecule has 0 radical (unpaired) electrons. The van der Waals surface area contributed by atoms with Crippen LogP contribution >= 0.6 is 15.9 Å². The standard InChI is InChI=1S/C37H31BrN2O/c1-24-12-18-35-34(20-24)32-10-5-11-33(32)37(40-35)26-13-16-30(17-14-26)39-22-28-21-29(38)15-19-36(28)41-23-27-8-4-7-25-6-2-3-9-31(25)27/h2-10,12-22,32-33,37,40H,11,23H2,1H3/t32-,33-,37+/m1/s1. The second kappa shape index (κ2) is 11.0. The summed E-state index contributed by atoms with van der Waals surface area (Å²) >= 11 is 3.61. The summed E-state index contributed by atoms with van der Waals surface area (Å²) in [5.41, 5.74) is 8.31. The molecule has 4 heteroatoms. The minimum atomic E-state index is 0.280. The molecule has 202 valence electrons. The lowest BCUT2D eigenvalue weighted by molar-refractivity contribution is 0.307. The van der Waals surface area contributed by atoms with E-state index in [4.69, 9.17) is 9.73 Å². The van der Waals surface area contributed by atoms with Crippen molar-refractivity contribution in [3.05, 3.63) is 148 Å². The number of aliphatic imine (C=N–C) groups is 1. The molecule has 5 aromatic carbocycles. The van der Waals surface area contributed by atoms with E-state index in [2.05, 4.69) is 131 Å². The lowest BCUT2D eigenvalue weighted by atomic mass is 9.76. The van der Waals surface area contributed by atoms with E-state index in [0.717, 1.165) is 27.9 Å². The van der Waals surface area contributed by atoms with E-state index in [0.29, 0.717) is 18.4 Å². The molecule has 7 rings (SSSR count). The maximum absolute atomic E-state index is 6.32. The van der Waals surface area contributed by atoms with Crippen molar-refractivity contribution < 1.29 is 4.74 Å². The summed E-state index contributed by atoms with van der Waals surface area (Å²) in [4.78, 5) is 4.82. The van der Waals surface area contributed by atoms with Gasteiger partial charge in [0, 0.05) is 27.9 Å². The summed E-state index contributed by atoms with van der Waals surface area (Å²) in [6, 6.07) is 36.5. The molecule has 2 aliphatic rings. The van der Waals surface area contributed by atoms with Gasteiger partial charge in [-0.05, 0) is 83.1 Å². The molecule has 0 bridgehead atoms. The molecule has 0 fully saturated rings. The topological polar surface area (TPSA) is 33.6 Å².